The fourth-order valence-corrected chi connectivity index (χ4v) is 1.08. The van der Waals surface area contributed by atoms with E-state index in [1.54, 1.807) is 6.92 Å². The molecule has 0 amide bonds. The van der Waals surface area contributed by atoms with Gasteiger partial charge in [0.15, 0.2) is 0 Å². The van der Waals surface area contributed by atoms with Crippen molar-refractivity contribution in [3.05, 3.63) is 29.3 Å². The Morgan fingerprint density at radius 1 is 1.55 bits per heavy atom. The van der Waals surface area contributed by atoms with Crippen molar-refractivity contribution in [2.75, 3.05) is 0 Å². The largest absolute Gasteiger partial charge is 0.508 e. The number of rotatable bonds is 1. The average Bonchev–Trinajstić information content (AvgIpc) is 1.85. The molecule has 0 atom stereocenters. The van der Waals surface area contributed by atoms with Crippen LogP contribution in [0.4, 0.5) is 0 Å². The van der Waals surface area contributed by atoms with E-state index in [4.69, 9.17) is 16.7 Å². The zero-order chi connectivity index (χ0) is 8.43. The first-order valence-electron chi connectivity index (χ1n) is 3.10. The predicted octanol–water partition coefficient (Wildman–Crippen LogP) is 2.08. The Hall–Kier alpha value is -1.02. The number of benzene rings is 1. The molecule has 3 heteroatoms. The second-order valence-electron chi connectivity index (χ2n) is 2.27. The van der Waals surface area contributed by atoms with Crippen molar-refractivity contribution >= 4 is 16.8 Å². The van der Waals surface area contributed by atoms with E-state index < -0.39 is 5.24 Å². The second-order valence-corrected chi connectivity index (χ2v) is 2.62. The van der Waals surface area contributed by atoms with Crippen LogP contribution in [0.1, 0.15) is 15.9 Å². The van der Waals surface area contributed by atoms with Crippen molar-refractivity contribution in [3.63, 3.8) is 0 Å². The monoisotopic (exact) mass is 170 g/mol. The molecule has 1 N–H and O–H groups in total. The van der Waals surface area contributed by atoms with Crippen LogP contribution in [0.3, 0.4) is 0 Å². The van der Waals surface area contributed by atoms with E-state index in [1.807, 2.05) is 0 Å². The van der Waals surface area contributed by atoms with Gasteiger partial charge in [-0.2, -0.15) is 0 Å². The van der Waals surface area contributed by atoms with Gasteiger partial charge in [0.2, 0.25) is 0 Å². The Morgan fingerprint density at radius 3 is 2.64 bits per heavy atom. The molecule has 0 saturated carbocycles. The molecule has 0 fully saturated rings. The van der Waals surface area contributed by atoms with E-state index >= 15 is 0 Å². The highest BCUT2D eigenvalue weighted by Crippen LogP contribution is 2.16. The molecule has 0 bridgehead atoms. The number of aryl methyl sites for hydroxylation is 1. The van der Waals surface area contributed by atoms with E-state index in [0.717, 1.165) is 0 Å². The Bertz CT molecular complexity index is 294. The molecule has 1 aromatic rings. The number of phenols is 1. The van der Waals surface area contributed by atoms with Gasteiger partial charge in [-0.25, -0.2) is 0 Å². The van der Waals surface area contributed by atoms with Crippen molar-refractivity contribution in [3.8, 4) is 5.75 Å². The molecule has 0 heterocycles. The van der Waals surface area contributed by atoms with Crippen molar-refractivity contribution in [2.45, 2.75) is 6.92 Å². The third-order valence-electron chi connectivity index (χ3n) is 1.42. The van der Waals surface area contributed by atoms with E-state index in [0.29, 0.717) is 11.1 Å². The van der Waals surface area contributed by atoms with E-state index in [-0.39, 0.29) is 5.75 Å². The van der Waals surface area contributed by atoms with Crippen molar-refractivity contribution in [2.24, 2.45) is 0 Å². The summed E-state index contributed by atoms with van der Waals surface area (Å²) in [7, 11) is 0. The van der Waals surface area contributed by atoms with Gasteiger partial charge in [0.25, 0.3) is 5.24 Å². The first kappa shape index (κ1) is 8.08. The maximum absolute atomic E-state index is 10.7. The van der Waals surface area contributed by atoms with Crippen LogP contribution >= 0.6 is 11.6 Å². The SMILES string of the molecule is Cc1cc(O)ccc1C(=O)Cl. The molecule has 1 aromatic carbocycles. The normalized spacial score (nSPS) is 9.64. The molecule has 0 aliphatic carbocycles. The maximum Gasteiger partial charge on any atom is 0.252 e. The summed E-state index contributed by atoms with van der Waals surface area (Å²) in [4.78, 5) is 10.7. The molecule has 0 radical (unpaired) electrons. The summed E-state index contributed by atoms with van der Waals surface area (Å²) in [5.74, 6) is 0.143. The Labute approximate surface area is 69.4 Å². The van der Waals surface area contributed by atoms with Crippen LogP contribution in [0.25, 0.3) is 0 Å². The van der Waals surface area contributed by atoms with Gasteiger partial charge >= 0.3 is 0 Å². The molecule has 0 aliphatic heterocycles. The number of aromatic hydroxyl groups is 1. The standard InChI is InChI=1S/C8H7ClO2/c1-5-4-6(10)2-3-7(5)8(9)11/h2-4,10H,1H3. The first-order valence-corrected chi connectivity index (χ1v) is 3.48. The third kappa shape index (κ3) is 1.71. The highest BCUT2D eigenvalue weighted by atomic mass is 35.5. The summed E-state index contributed by atoms with van der Waals surface area (Å²) in [5, 5.41) is 8.47. The lowest BCUT2D eigenvalue weighted by atomic mass is 10.1. The number of hydrogen-bond acceptors (Lipinski definition) is 2. The Morgan fingerprint density at radius 2 is 2.18 bits per heavy atom. The lowest BCUT2D eigenvalue weighted by Gasteiger charge is -1.99. The lowest BCUT2D eigenvalue weighted by Crippen LogP contribution is -1.91. The molecule has 0 unspecified atom stereocenters. The van der Waals surface area contributed by atoms with Gasteiger partial charge < -0.3 is 5.11 Å². The van der Waals surface area contributed by atoms with Gasteiger partial charge in [0, 0.05) is 5.56 Å². The fourth-order valence-electron chi connectivity index (χ4n) is 0.868. The summed E-state index contributed by atoms with van der Waals surface area (Å²) in [6.45, 7) is 1.72. The lowest BCUT2D eigenvalue weighted by molar-refractivity contribution is 0.108. The van der Waals surface area contributed by atoms with Crippen LogP contribution in [0.2, 0.25) is 0 Å². The van der Waals surface area contributed by atoms with Gasteiger partial charge in [-0.15, -0.1) is 0 Å². The van der Waals surface area contributed by atoms with Crippen LogP contribution in [-0.2, 0) is 0 Å². The van der Waals surface area contributed by atoms with Gasteiger partial charge in [0.1, 0.15) is 5.75 Å². The summed E-state index contributed by atoms with van der Waals surface area (Å²) >= 11 is 5.24. The van der Waals surface area contributed by atoms with Crippen molar-refractivity contribution < 1.29 is 9.90 Å². The summed E-state index contributed by atoms with van der Waals surface area (Å²) in [6.07, 6.45) is 0. The molecular formula is C8H7ClO2. The summed E-state index contributed by atoms with van der Waals surface area (Å²) < 4.78 is 0. The molecule has 0 aromatic heterocycles. The molecule has 2 nitrogen and oxygen atoms in total. The van der Waals surface area contributed by atoms with Gasteiger partial charge in [-0.3, -0.25) is 4.79 Å². The minimum Gasteiger partial charge on any atom is -0.508 e. The van der Waals surface area contributed by atoms with Gasteiger partial charge in [0.05, 0.1) is 0 Å². The number of carbonyl (C=O) groups is 1. The zero-order valence-corrected chi connectivity index (χ0v) is 6.72. The topological polar surface area (TPSA) is 37.3 Å². The molecule has 58 valence electrons. The van der Waals surface area contributed by atoms with E-state index in [9.17, 15) is 4.79 Å². The van der Waals surface area contributed by atoms with Crippen molar-refractivity contribution in [1.29, 1.82) is 0 Å². The van der Waals surface area contributed by atoms with E-state index in [2.05, 4.69) is 0 Å². The quantitative estimate of drug-likeness (QED) is 0.656. The second kappa shape index (κ2) is 2.93. The molecule has 0 spiro atoms. The number of carbonyl (C=O) groups excluding carboxylic acids is 1. The van der Waals surface area contributed by atoms with Crippen LogP contribution in [0.5, 0.6) is 5.75 Å². The third-order valence-corrected chi connectivity index (χ3v) is 1.63. The highest BCUT2D eigenvalue weighted by Gasteiger charge is 2.04. The highest BCUT2D eigenvalue weighted by molar-refractivity contribution is 6.67. The Balaban J connectivity index is 3.20. The fraction of sp³-hybridized carbons (Fsp3) is 0.125. The number of hydrogen-bond donors (Lipinski definition) is 1. The van der Waals surface area contributed by atoms with Crippen LogP contribution in [0, 0.1) is 6.92 Å². The molecule has 1 rings (SSSR count). The average molecular weight is 171 g/mol. The first-order chi connectivity index (χ1) is 5.11. The van der Waals surface area contributed by atoms with E-state index in [1.165, 1.54) is 18.2 Å². The van der Waals surface area contributed by atoms with Crippen LogP contribution < -0.4 is 0 Å². The number of halogens is 1. The maximum atomic E-state index is 10.7. The molecule has 0 aliphatic rings. The summed E-state index contributed by atoms with van der Waals surface area (Å²) in [5.41, 5.74) is 1.12. The zero-order valence-electron chi connectivity index (χ0n) is 5.97. The molecule has 0 saturated heterocycles. The Kier molecular flexibility index (Phi) is 2.15. The minimum absolute atomic E-state index is 0.143. The molecule has 11 heavy (non-hydrogen) atoms. The van der Waals surface area contributed by atoms with Crippen LogP contribution in [0.15, 0.2) is 18.2 Å². The summed E-state index contributed by atoms with van der Waals surface area (Å²) in [6, 6.07) is 4.43. The number of phenolic OH excluding ortho intramolecular Hbond substituents is 1. The van der Waals surface area contributed by atoms with Crippen LogP contribution in [-0.4, -0.2) is 10.3 Å². The van der Waals surface area contributed by atoms with Crippen molar-refractivity contribution in [1.82, 2.24) is 0 Å². The smallest absolute Gasteiger partial charge is 0.252 e. The van der Waals surface area contributed by atoms with Gasteiger partial charge in [-0.1, -0.05) is 0 Å². The molecular weight excluding hydrogens is 164 g/mol. The van der Waals surface area contributed by atoms with Gasteiger partial charge in [-0.05, 0) is 42.3 Å². The predicted molar refractivity (Wildman–Crippen MR) is 43.0 cm³/mol. The minimum atomic E-state index is -0.498.